The number of halogens is 1. The predicted molar refractivity (Wildman–Crippen MR) is 97.3 cm³/mol. The Balaban J connectivity index is 1.63. The van der Waals surface area contributed by atoms with E-state index in [0.29, 0.717) is 11.7 Å². The van der Waals surface area contributed by atoms with Crippen LogP contribution in [0.15, 0.2) is 58.0 Å². The maximum Gasteiger partial charge on any atom is 0.259 e. The Morgan fingerprint density at radius 1 is 1.00 bits per heavy atom. The van der Waals surface area contributed by atoms with Gasteiger partial charge in [-0.25, -0.2) is 0 Å². The standard InChI is InChI=1S/C17H13IN4O/c18-14-4-2-1-3-13(14)17-21-16(22-23-17)12-7-5-11(6-8-12)15-19-9-10-20-15/h1-8H,9-10H2,(H,19,20). The molecule has 0 fully saturated rings. The van der Waals surface area contributed by atoms with E-state index in [1.807, 2.05) is 48.5 Å². The summed E-state index contributed by atoms with van der Waals surface area (Å²) in [5, 5.41) is 7.36. The van der Waals surface area contributed by atoms with Crippen molar-refractivity contribution in [2.24, 2.45) is 4.99 Å². The number of hydrogen-bond acceptors (Lipinski definition) is 5. The zero-order valence-electron chi connectivity index (χ0n) is 12.2. The van der Waals surface area contributed by atoms with Gasteiger partial charge in [-0.15, -0.1) is 0 Å². The number of rotatable bonds is 3. The second-order valence-electron chi connectivity index (χ2n) is 5.14. The molecule has 0 spiro atoms. The molecular formula is C17H13IN4O. The van der Waals surface area contributed by atoms with Crippen molar-refractivity contribution < 1.29 is 4.52 Å². The van der Waals surface area contributed by atoms with Gasteiger partial charge in [-0.2, -0.15) is 4.98 Å². The summed E-state index contributed by atoms with van der Waals surface area (Å²) in [7, 11) is 0. The first-order valence-electron chi connectivity index (χ1n) is 7.29. The van der Waals surface area contributed by atoms with Gasteiger partial charge in [0.15, 0.2) is 0 Å². The second-order valence-corrected chi connectivity index (χ2v) is 6.30. The molecule has 114 valence electrons. The van der Waals surface area contributed by atoms with E-state index in [9.17, 15) is 0 Å². The summed E-state index contributed by atoms with van der Waals surface area (Å²) in [5.74, 6) is 2.08. The third kappa shape index (κ3) is 2.86. The molecule has 2 aromatic carbocycles. The molecule has 4 rings (SSSR count). The van der Waals surface area contributed by atoms with Crippen LogP contribution in [-0.4, -0.2) is 29.1 Å². The average Bonchev–Trinajstić information content (AvgIpc) is 3.27. The fraction of sp³-hybridized carbons (Fsp3) is 0.118. The van der Waals surface area contributed by atoms with Crippen LogP contribution in [0.25, 0.3) is 22.8 Å². The Bertz CT molecular complexity index is 870. The highest BCUT2D eigenvalue weighted by Crippen LogP contribution is 2.26. The van der Waals surface area contributed by atoms with Gasteiger partial charge in [0.05, 0.1) is 12.1 Å². The van der Waals surface area contributed by atoms with Gasteiger partial charge in [-0.1, -0.05) is 41.6 Å². The van der Waals surface area contributed by atoms with Crippen molar-refractivity contribution in [3.63, 3.8) is 0 Å². The maximum absolute atomic E-state index is 5.41. The topological polar surface area (TPSA) is 63.3 Å². The van der Waals surface area contributed by atoms with Crippen LogP contribution in [0, 0.1) is 3.57 Å². The van der Waals surface area contributed by atoms with Crippen LogP contribution >= 0.6 is 22.6 Å². The summed E-state index contributed by atoms with van der Waals surface area (Å²) in [6.45, 7) is 1.74. The van der Waals surface area contributed by atoms with Crippen LogP contribution in [-0.2, 0) is 0 Å². The molecule has 0 bridgehead atoms. The monoisotopic (exact) mass is 416 g/mol. The minimum Gasteiger partial charge on any atom is -0.368 e. The molecule has 0 saturated heterocycles. The first kappa shape index (κ1) is 14.4. The lowest BCUT2D eigenvalue weighted by Crippen LogP contribution is -2.19. The van der Waals surface area contributed by atoms with Crippen molar-refractivity contribution in [2.75, 3.05) is 13.1 Å². The molecule has 1 aliphatic rings. The normalized spacial score (nSPS) is 13.7. The smallest absolute Gasteiger partial charge is 0.259 e. The van der Waals surface area contributed by atoms with Crippen LogP contribution in [0.2, 0.25) is 0 Å². The lowest BCUT2D eigenvalue weighted by atomic mass is 10.1. The number of hydrogen-bond donors (Lipinski definition) is 1. The minimum absolute atomic E-state index is 0.538. The first-order valence-corrected chi connectivity index (χ1v) is 8.37. The van der Waals surface area contributed by atoms with E-state index in [1.165, 1.54) is 0 Å². The molecule has 1 aromatic heterocycles. The third-order valence-electron chi connectivity index (χ3n) is 3.62. The molecule has 0 amide bonds. The van der Waals surface area contributed by atoms with E-state index in [1.54, 1.807) is 0 Å². The van der Waals surface area contributed by atoms with Gasteiger partial charge < -0.3 is 9.84 Å². The van der Waals surface area contributed by atoms with E-state index >= 15 is 0 Å². The van der Waals surface area contributed by atoms with Gasteiger partial charge in [0.2, 0.25) is 5.82 Å². The van der Waals surface area contributed by atoms with E-state index in [4.69, 9.17) is 4.52 Å². The average molecular weight is 416 g/mol. The fourth-order valence-corrected chi connectivity index (χ4v) is 3.07. The minimum atomic E-state index is 0.538. The highest BCUT2D eigenvalue weighted by Gasteiger charge is 2.13. The third-order valence-corrected chi connectivity index (χ3v) is 4.56. The first-order chi connectivity index (χ1) is 11.3. The number of aliphatic imine (C=N–C) groups is 1. The van der Waals surface area contributed by atoms with Gasteiger partial charge in [-0.3, -0.25) is 4.99 Å². The Morgan fingerprint density at radius 3 is 2.52 bits per heavy atom. The summed E-state index contributed by atoms with van der Waals surface area (Å²) < 4.78 is 6.50. The van der Waals surface area contributed by atoms with Gasteiger partial charge in [0.25, 0.3) is 5.89 Å². The Morgan fingerprint density at radius 2 is 1.78 bits per heavy atom. The van der Waals surface area contributed by atoms with E-state index in [0.717, 1.165) is 39.2 Å². The SMILES string of the molecule is Ic1ccccc1-c1nc(-c2ccc(C3=NCCN3)cc2)no1. The van der Waals surface area contributed by atoms with Crippen LogP contribution < -0.4 is 5.32 Å². The van der Waals surface area contributed by atoms with Crippen LogP contribution in [0.3, 0.4) is 0 Å². The summed E-state index contributed by atoms with van der Waals surface area (Å²) in [4.78, 5) is 8.93. The molecule has 0 unspecified atom stereocenters. The zero-order valence-corrected chi connectivity index (χ0v) is 14.3. The Hall–Kier alpha value is -2.22. The van der Waals surface area contributed by atoms with E-state index < -0.39 is 0 Å². The van der Waals surface area contributed by atoms with Crippen molar-refractivity contribution in [2.45, 2.75) is 0 Å². The van der Waals surface area contributed by atoms with Crippen molar-refractivity contribution in [1.82, 2.24) is 15.5 Å². The van der Waals surface area contributed by atoms with Crippen LogP contribution in [0.4, 0.5) is 0 Å². The summed E-state index contributed by atoms with van der Waals surface area (Å²) >= 11 is 2.27. The lowest BCUT2D eigenvalue weighted by molar-refractivity contribution is 0.432. The summed E-state index contributed by atoms with van der Waals surface area (Å²) in [6.07, 6.45) is 0. The molecule has 2 heterocycles. The molecule has 0 atom stereocenters. The lowest BCUT2D eigenvalue weighted by Gasteiger charge is -2.02. The van der Waals surface area contributed by atoms with E-state index in [2.05, 4.69) is 43.0 Å². The van der Waals surface area contributed by atoms with Crippen molar-refractivity contribution in [3.8, 4) is 22.8 Å². The molecule has 0 radical (unpaired) electrons. The number of benzene rings is 2. The highest BCUT2D eigenvalue weighted by atomic mass is 127. The van der Waals surface area contributed by atoms with Crippen molar-refractivity contribution in [3.05, 3.63) is 57.7 Å². The molecule has 0 aliphatic carbocycles. The molecule has 6 heteroatoms. The van der Waals surface area contributed by atoms with Gasteiger partial charge >= 0.3 is 0 Å². The molecule has 3 aromatic rings. The van der Waals surface area contributed by atoms with Crippen LogP contribution in [0.5, 0.6) is 0 Å². The van der Waals surface area contributed by atoms with Gasteiger partial charge in [0, 0.05) is 21.2 Å². The highest BCUT2D eigenvalue weighted by molar-refractivity contribution is 14.1. The number of amidine groups is 1. The van der Waals surface area contributed by atoms with Crippen molar-refractivity contribution in [1.29, 1.82) is 0 Å². The number of aromatic nitrogens is 2. The van der Waals surface area contributed by atoms with Gasteiger partial charge in [0.1, 0.15) is 5.84 Å². The maximum atomic E-state index is 5.41. The van der Waals surface area contributed by atoms with Crippen molar-refractivity contribution >= 4 is 28.4 Å². The molecule has 1 aliphatic heterocycles. The van der Waals surface area contributed by atoms with Gasteiger partial charge in [-0.05, 0) is 34.7 Å². The second kappa shape index (κ2) is 6.11. The summed E-state index contributed by atoms with van der Waals surface area (Å²) in [6, 6.07) is 16.0. The molecular weight excluding hydrogens is 403 g/mol. The quantitative estimate of drug-likeness (QED) is 0.666. The van der Waals surface area contributed by atoms with Crippen LogP contribution in [0.1, 0.15) is 5.56 Å². The zero-order chi connectivity index (χ0) is 15.6. The number of nitrogens with zero attached hydrogens (tertiary/aromatic N) is 3. The molecule has 23 heavy (non-hydrogen) atoms. The molecule has 0 saturated carbocycles. The number of nitrogens with one attached hydrogen (secondary N) is 1. The Kier molecular flexibility index (Phi) is 3.82. The van der Waals surface area contributed by atoms with E-state index in [-0.39, 0.29) is 0 Å². The predicted octanol–water partition coefficient (Wildman–Crippen LogP) is 3.36. The summed E-state index contributed by atoms with van der Waals surface area (Å²) in [5.41, 5.74) is 2.95. The molecule has 1 N–H and O–H groups in total. The largest absolute Gasteiger partial charge is 0.368 e. The Labute approximate surface area is 147 Å². The fourth-order valence-electron chi connectivity index (χ4n) is 2.45. The molecule has 5 nitrogen and oxygen atoms in total.